The second-order valence-electron chi connectivity index (χ2n) is 16.8. The molecule has 6 aromatic carbocycles. The van der Waals surface area contributed by atoms with Gasteiger partial charge in [-0.15, -0.1) is 0 Å². The van der Waals surface area contributed by atoms with Crippen LogP contribution >= 0.6 is 0 Å². The molecule has 6 aromatic rings. The molecule has 0 saturated heterocycles. The van der Waals surface area contributed by atoms with E-state index in [1.807, 2.05) is 30.3 Å². The Morgan fingerprint density at radius 2 is 1.07 bits per heavy atom. The van der Waals surface area contributed by atoms with Gasteiger partial charge in [0.1, 0.15) is 35.7 Å². The molecule has 2 bridgehead atoms. The molecule has 2 saturated carbocycles. The van der Waals surface area contributed by atoms with E-state index in [2.05, 4.69) is 86.6 Å². The van der Waals surface area contributed by atoms with E-state index in [0.29, 0.717) is 5.92 Å². The Hall–Kier alpha value is -5.18. The lowest BCUT2D eigenvalue weighted by atomic mass is 9.79. The summed E-state index contributed by atoms with van der Waals surface area (Å²) in [5.74, 6) is 0.576. The standard InChI is InChI=1S/C50H48F6O3/c1-31(34-9-16-43(17-10-34)57-30-48(49(51,52)53)50(54,55)56)23-41(36-13-20-45(21-14-36)59-47-26-33-7-8-40(47)25-33)24-32(2)35-11-18-44(19-12-35)58-46-22-15-39-27-37-5-3-4-6-38(37)28-42(39)29-46/h3-6,9-22,27-29,31-33,40-41,47-48H,7-8,23-26,30H2,1-2H3. The fourth-order valence-corrected chi connectivity index (χ4v) is 9.25. The Labute approximate surface area is 341 Å². The fraction of sp³-hybridized carbons (Fsp3) is 0.360. The molecule has 308 valence electrons. The van der Waals surface area contributed by atoms with Gasteiger partial charge in [0.05, 0.1) is 0 Å². The SMILES string of the molecule is CC(CC(CC(C)c1ccc(Oc2ccc3cc4ccccc4cc3c2)cc1)c1ccc(OC2CC3CCC2C3)cc1)c1ccc(OCC(C(F)(F)F)C(F)(F)F)cc1. The van der Waals surface area contributed by atoms with Crippen molar-refractivity contribution < 1.29 is 40.6 Å². The zero-order valence-corrected chi connectivity index (χ0v) is 33.1. The molecule has 3 nitrogen and oxygen atoms in total. The quantitative estimate of drug-likeness (QED) is 0.0810. The molecule has 0 aromatic heterocycles. The minimum Gasteiger partial charge on any atom is -0.493 e. The lowest BCUT2D eigenvalue weighted by molar-refractivity contribution is -0.289. The Balaban J connectivity index is 0.954. The molecule has 2 fully saturated rings. The maximum Gasteiger partial charge on any atom is 0.403 e. The second kappa shape index (κ2) is 16.8. The van der Waals surface area contributed by atoms with Crippen LogP contribution < -0.4 is 14.2 Å². The molecule has 0 aliphatic heterocycles. The number of hydrogen-bond acceptors (Lipinski definition) is 3. The zero-order valence-electron chi connectivity index (χ0n) is 33.1. The molecule has 0 amide bonds. The monoisotopic (exact) mass is 810 g/mol. The van der Waals surface area contributed by atoms with Crippen LogP contribution in [0.3, 0.4) is 0 Å². The Kier molecular flexibility index (Phi) is 11.6. The summed E-state index contributed by atoms with van der Waals surface area (Å²) in [6, 6.07) is 41.9. The minimum atomic E-state index is -5.45. The van der Waals surface area contributed by atoms with Gasteiger partial charge in [0.2, 0.25) is 0 Å². The Morgan fingerprint density at radius 3 is 1.63 bits per heavy atom. The van der Waals surface area contributed by atoms with Gasteiger partial charge in [-0.05, 0) is 167 Å². The van der Waals surface area contributed by atoms with Crippen molar-refractivity contribution in [3.8, 4) is 23.0 Å². The Bertz CT molecular complexity index is 2320. The highest BCUT2D eigenvalue weighted by Crippen LogP contribution is 2.46. The first-order valence-electron chi connectivity index (χ1n) is 20.6. The number of alkyl halides is 6. The van der Waals surface area contributed by atoms with Gasteiger partial charge in [0.15, 0.2) is 5.92 Å². The third kappa shape index (κ3) is 9.66. The predicted molar refractivity (Wildman–Crippen MR) is 221 cm³/mol. The minimum absolute atomic E-state index is 0.0278. The van der Waals surface area contributed by atoms with E-state index in [1.54, 1.807) is 12.1 Å². The van der Waals surface area contributed by atoms with Gasteiger partial charge < -0.3 is 14.2 Å². The van der Waals surface area contributed by atoms with Crippen molar-refractivity contribution in [1.29, 1.82) is 0 Å². The highest BCUT2D eigenvalue weighted by Gasteiger charge is 2.57. The smallest absolute Gasteiger partial charge is 0.403 e. The number of hydrogen-bond donors (Lipinski definition) is 0. The molecule has 0 spiro atoms. The molecule has 0 radical (unpaired) electrons. The average Bonchev–Trinajstić information content (AvgIpc) is 3.83. The van der Waals surface area contributed by atoms with Crippen molar-refractivity contribution in [2.45, 2.75) is 88.6 Å². The first-order valence-corrected chi connectivity index (χ1v) is 20.6. The first-order chi connectivity index (χ1) is 28.2. The average molecular weight is 811 g/mol. The number of ether oxygens (including phenoxy) is 3. The topological polar surface area (TPSA) is 27.7 Å². The van der Waals surface area contributed by atoms with E-state index < -0.39 is 24.9 Å². The van der Waals surface area contributed by atoms with Gasteiger partial charge in [0.25, 0.3) is 0 Å². The van der Waals surface area contributed by atoms with E-state index in [-0.39, 0.29) is 29.6 Å². The third-order valence-electron chi connectivity index (χ3n) is 12.6. The van der Waals surface area contributed by atoms with Crippen LogP contribution in [-0.2, 0) is 0 Å². The van der Waals surface area contributed by atoms with Crippen molar-refractivity contribution in [3.63, 3.8) is 0 Å². The molecular formula is C50H48F6O3. The van der Waals surface area contributed by atoms with Gasteiger partial charge in [-0.25, -0.2) is 0 Å². The van der Waals surface area contributed by atoms with Gasteiger partial charge in [0, 0.05) is 0 Å². The summed E-state index contributed by atoms with van der Waals surface area (Å²) in [6.45, 7) is 2.78. The number of fused-ring (bicyclic) bond motifs is 4. The summed E-state index contributed by atoms with van der Waals surface area (Å²) in [5, 5.41) is 4.64. The molecule has 6 atom stereocenters. The molecule has 9 heteroatoms. The summed E-state index contributed by atoms with van der Waals surface area (Å²) in [5.41, 5.74) is 3.27. The molecule has 2 aliphatic carbocycles. The highest BCUT2D eigenvalue weighted by molar-refractivity contribution is 5.98. The van der Waals surface area contributed by atoms with Gasteiger partial charge in [-0.1, -0.05) is 80.6 Å². The first kappa shape index (κ1) is 40.6. The lowest BCUT2D eigenvalue weighted by Crippen LogP contribution is -2.40. The predicted octanol–water partition coefficient (Wildman–Crippen LogP) is 14.9. The van der Waals surface area contributed by atoms with Crippen LogP contribution in [0.15, 0.2) is 127 Å². The van der Waals surface area contributed by atoms with Crippen LogP contribution in [0.4, 0.5) is 26.3 Å². The molecule has 8 rings (SSSR count). The molecule has 6 unspecified atom stereocenters. The number of rotatable bonds is 14. The molecule has 2 aliphatic rings. The van der Waals surface area contributed by atoms with Crippen molar-refractivity contribution >= 4 is 21.5 Å². The van der Waals surface area contributed by atoms with Crippen LogP contribution in [-0.4, -0.2) is 25.1 Å². The normalized spacial score (nSPS) is 19.6. The van der Waals surface area contributed by atoms with Gasteiger partial charge in [-0.3, -0.25) is 0 Å². The van der Waals surface area contributed by atoms with E-state index in [9.17, 15) is 26.3 Å². The van der Waals surface area contributed by atoms with E-state index >= 15 is 0 Å². The summed E-state index contributed by atoms with van der Waals surface area (Å²) < 4.78 is 96.1. The van der Waals surface area contributed by atoms with Crippen LogP contribution in [0.2, 0.25) is 0 Å². The summed E-state index contributed by atoms with van der Waals surface area (Å²) >= 11 is 0. The van der Waals surface area contributed by atoms with Crippen LogP contribution in [0.25, 0.3) is 21.5 Å². The molecule has 0 heterocycles. The summed E-state index contributed by atoms with van der Waals surface area (Å²) in [6.07, 6.45) is -4.07. The fourth-order valence-electron chi connectivity index (χ4n) is 9.25. The molecular weight excluding hydrogens is 763 g/mol. The maximum atomic E-state index is 13.1. The molecule has 0 N–H and O–H groups in total. The largest absolute Gasteiger partial charge is 0.493 e. The van der Waals surface area contributed by atoms with Crippen molar-refractivity contribution in [3.05, 3.63) is 144 Å². The third-order valence-corrected chi connectivity index (χ3v) is 12.6. The van der Waals surface area contributed by atoms with Crippen molar-refractivity contribution in [2.75, 3.05) is 6.61 Å². The van der Waals surface area contributed by atoms with E-state index in [0.717, 1.165) is 58.8 Å². The maximum absolute atomic E-state index is 13.1. The second-order valence-corrected chi connectivity index (χ2v) is 16.8. The summed E-state index contributed by atoms with van der Waals surface area (Å²) in [4.78, 5) is 0. The van der Waals surface area contributed by atoms with Gasteiger partial charge >= 0.3 is 12.4 Å². The number of halogens is 6. The van der Waals surface area contributed by atoms with E-state index in [1.165, 1.54) is 53.3 Å². The van der Waals surface area contributed by atoms with Crippen molar-refractivity contribution in [2.24, 2.45) is 17.8 Å². The Morgan fingerprint density at radius 1 is 0.542 bits per heavy atom. The van der Waals surface area contributed by atoms with Crippen LogP contribution in [0.1, 0.15) is 86.8 Å². The van der Waals surface area contributed by atoms with Crippen LogP contribution in [0.5, 0.6) is 23.0 Å². The highest BCUT2D eigenvalue weighted by atomic mass is 19.4. The molecule has 59 heavy (non-hydrogen) atoms. The zero-order chi connectivity index (χ0) is 41.3. The number of benzene rings is 6. The van der Waals surface area contributed by atoms with Crippen LogP contribution in [0, 0.1) is 17.8 Å². The van der Waals surface area contributed by atoms with Crippen molar-refractivity contribution in [1.82, 2.24) is 0 Å². The summed E-state index contributed by atoms with van der Waals surface area (Å²) in [7, 11) is 0. The lowest BCUT2D eigenvalue weighted by Gasteiger charge is -2.26. The van der Waals surface area contributed by atoms with E-state index in [4.69, 9.17) is 14.2 Å². The van der Waals surface area contributed by atoms with Gasteiger partial charge in [-0.2, -0.15) is 26.3 Å².